The normalized spacial score (nSPS) is 14.2. The Morgan fingerprint density at radius 3 is 2.50 bits per heavy atom. The van der Waals surface area contributed by atoms with Crippen LogP contribution in [0, 0.1) is 5.41 Å². The number of hydrogen-bond acceptors (Lipinski definition) is 3. The van der Waals surface area contributed by atoms with E-state index in [1.165, 1.54) is 0 Å². The quantitative estimate of drug-likeness (QED) is 0.775. The highest BCUT2D eigenvalue weighted by Crippen LogP contribution is 2.21. The van der Waals surface area contributed by atoms with Crippen LogP contribution in [0.25, 0.3) is 0 Å². The summed E-state index contributed by atoms with van der Waals surface area (Å²) in [5.74, 6) is -0.221. The maximum absolute atomic E-state index is 11.8. The van der Waals surface area contributed by atoms with E-state index in [4.69, 9.17) is 10.5 Å². The van der Waals surface area contributed by atoms with Crippen LogP contribution in [0.4, 0.5) is 0 Å². The van der Waals surface area contributed by atoms with Gasteiger partial charge in [0.25, 0.3) is 0 Å². The summed E-state index contributed by atoms with van der Waals surface area (Å²) < 4.78 is 5.26. The van der Waals surface area contributed by atoms with Gasteiger partial charge in [-0.05, 0) is 18.9 Å². The summed E-state index contributed by atoms with van der Waals surface area (Å²) in [7, 11) is 0. The van der Waals surface area contributed by atoms with Crippen molar-refractivity contribution < 1.29 is 9.53 Å². The summed E-state index contributed by atoms with van der Waals surface area (Å²) in [6.45, 7) is 4.41. The van der Waals surface area contributed by atoms with Crippen LogP contribution in [0.3, 0.4) is 0 Å². The van der Waals surface area contributed by atoms with Crippen molar-refractivity contribution in [1.82, 2.24) is 0 Å². The van der Waals surface area contributed by atoms with Gasteiger partial charge in [0, 0.05) is 6.54 Å². The minimum atomic E-state index is -0.561. The third-order valence-corrected chi connectivity index (χ3v) is 2.94. The Hall–Kier alpha value is -1.35. The van der Waals surface area contributed by atoms with Gasteiger partial charge in [0.15, 0.2) is 0 Å². The van der Waals surface area contributed by atoms with E-state index in [2.05, 4.69) is 0 Å². The van der Waals surface area contributed by atoms with E-state index in [0.717, 1.165) is 5.56 Å². The number of esters is 1. The second kappa shape index (κ2) is 5.66. The first-order chi connectivity index (χ1) is 7.62. The molecule has 0 amide bonds. The summed E-state index contributed by atoms with van der Waals surface area (Å²) in [5.41, 5.74) is 6.02. The first kappa shape index (κ1) is 12.7. The van der Waals surface area contributed by atoms with Gasteiger partial charge in [0.2, 0.25) is 0 Å². The smallest absolute Gasteiger partial charge is 0.313 e. The lowest BCUT2D eigenvalue weighted by molar-refractivity contribution is -0.156. The molecule has 0 aromatic heterocycles. The number of carbonyl (C=O) groups excluding carboxylic acids is 1. The second-order valence-electron chi connectivity index (χ2n) is 4.18. The Morgan fingerprint density at radius 1 is 1.38 bits per heavy atom. The number of hydrogen-bond donors (Lipinski definition) is 1. The molecule has 3 heteroatoms. The van der Waals surface area contributed by atoms with Crippen molar-refractivity contribution in [2.75, 3.05) is 6.54 Å². The molecule has 0 spiro atoms. The number of benzene rings is 1. The summed E-state index contributed by atoms with van der Waals surface area (Å²) in [6, 6.07) is 9.63. The number of carbonyl (C=O) groups is 1. The zero-order valence-electron chi connectivity index (χ0n) is 9.90. The molecule has 1 aromatic rings. The Bertz CT molecular complexity index is 331. The fourth-order valence-electron chi connectivity index (χ4n) is 1.27. The molecule has 3 nitrogen and oxygen atoms in total. The lowest BCUT2D eigenvalue weighted by atomic mass is 9.88. The van der Waals surface area contributed by atoms with Crippen LogP contribution in [-0.4, -0.2) is 12.5 Å². The van der Waals surface area contributed by atoms with Crippen LogP contribution < -0.4 is 5.73 Å². The van der Waals surface area contributed by atoms with E-state index >= 15 is 0 Å². The largest absolute Gasteiger partial charge is 0.460 e. The minimum absolute atomic E-state index is 0.221. The van der Waals surface area contributed by atoms with Gasteiger partial charge in [-0.25, -0.2) is 0 Å². The molecule has 1 atom stereocenters. The molecule has 0 fully saturated rings. The predicted molar refractivity (Wildman–Crippen MR) is 63.7 cm³/mol. The lowest BCUT2D eigenvalue weighted by Crippen LogP contribution is -2.36. The second-order valence-corrected chi connectivity index (χ2v) is 4.18. The van der Waals surface area contributed by atoms with Crippen LogP contribution in [0.15, 0.2) is 30.3 Å². The molecule has 1 unspecified atom stereocenters. The van der Waals surface area contributed by atoms with Crippen molar-refractivity contribution in [2.45, 2.75) is 26.9 Å². The van der Waals surface area contributed by atoms with Gasteiger partial charge in [0.1, 0.15) is 6.61 Å². The first-order valence-corrected chi connectivity index (χ1v) is 5.53. The standard InChI is InChI=1S/C13H19NO2/c1-3-13(2,10-14)12(15)16-9-11-7-5-4-6-8-11/h4-8H,3,9-10,14H2,1-2H3. The molecule has 2 N–H and O–H groups in total. The van der Waals surface area contributed by atoms with Crippen molar-refractivity contribution in [3.05, 3.63) is 35.9 Å². The molecule has 0 saturated heterocycles. The Morgan fingerprint density at radius 2 is 2.00 bits per heavy atom. The van der Waals surface area contributed by atoms with Crippen molar-refractivity contribution in [3.8, 4) is 0 Å². The molecular formula is C13H19NO2. The number of nitrogens with two attached hydrogens (primary N) is 1. The molecule has 1 aromatic carbocycles. The monoisotopic (exact) mass is 221 g/mol. The fraction of sp³-hybridized carbons (Fsp3) is 0.462. The molecule has 0 saturated carbocycles. The minimum Gasteiger partial charge on any atom is -0.460 e. The highest BCUT2D eigenvalue weighted by Gasteiger charge is 2.31. The van der Waals surface area contributed by atoms with Crippen LogP contribution in [0.2, 0.25) is 0 Å². The highest BCUT2D eigenvalue weighted by molar-refractivity contribution is 5.76. The van der Waals surface area contributed by atoms with Crippen molar-refractivity contribution >= 4 is 5.97 Å². The SMILES string of the molecule is CCC(C)(CN)C(=O)OCc1ccccc1. The number of ether oxygens (including phenoxy) is 1. The lowest BCUT2D eigenvalue weighted by Gasteiger charge is -2.23. The predicted octanol–water partition coefficient (Wildman–Crippen LogP) is 2.10. The molecule has 16 heavy (non-hydrogen) atoms. The average molecular weight is 221 g/mol. The summed E-state index contributed by atoms with van der Waals surface area (Å²) in [6.07, 6.45) is 0.692. The van der Waals surface area contributed by atoms with E-state index in [9.17, 15) is 4.79 Å². The van der Waals surface area contributed by atoms with E-state index in [1.54, 1.807) is 0 Å². The van der Waals surface area contributed by atoms with Gasteiger partial charge in [-0.15, -0.1) is 0 Å². The summed E-state index contributed by atoms with van der Waals surface area (Å²) >= 11 is 0. The first-order valence-electron chi connectivity index (χ1n) is 5.53. The zero-order chi connectivity index (χ0) is 12.0. The summed E-state index contributed by atoms with van der Waals surface area (Å²) in [4.78, 5) is 11.8. The van der Waals surface area contributed by atoms with Gasteiger partial charge >= 0.3 is 5.97 Å². The van der Waals surface area contributed by atoms with Crippen LogP contribution in [0.1, 0.15) is 25.8 Å². The molecule has 1 rings (SSSR count). The van der Waals surface area contributed by atoms with Crippen molar-refractivity contribution in [3.63, 3.8) is 0 Å². The van der Waals surface area contributed by atoms with Gasteiger partial charge in [-0.1, -0.05) is 37.3 Å². The number of rotatable bonds is 5. The van der Waals surface area contributed by atoms with Gasteiger partial charge in [-0.2, -0.15) is 0 Å². The van der Waals surface area contributed by atoms with Gasteiger partial charge in [-0.3, -0.25) is 4.79 Å². The molecule has 0 aliphatic rings. The van der Waals surface area contributed by atoms with Crippen molar-refractivity contribution in [2.24, 2.45) is 11.1 Å². The maximum atomic E-state index is 11.8. The molecule has 0 aliphatic heterocycles. The topological polar surface area (TPSA) is 52.3 Å². The van der Waals surface area contributed by atoms with Crippen LogP contribution >= 0.6 is 0 Å². The van der Waals surface area contributed by atoms with E-state index in [-0.39, 0.29) is 5.97 Å². The molecule has 88 valence electrons. The molecule has 0 aliphatic carbocycles. The van der Waals surface area contributed by atoms with Crippen molar-refractivity contribution in [1.29, 1.82) is 0 Å². The molecule has 0 heterocycles. The van der Waals surface area contributed by atoms with E-state index in [1.807, 2.05) is 44.2 Å². The van der Waals surface area contributed by atoms with Crippen LogP contribution in [-0.2, 0) is 16.1 Å². The third-order valence-electron chi connectivity index (χ3n) is 2.94. The Labute approximate surface area is 96.6 Å². The molecular weight excluding hydrogens is 202 g/mol. The van der Waals surface area contributed by atoms with Crippen LogP contribution in [0.5, 0.6) is 0 Å². The highest BCUT2D eigenvalue weighted by atomic mass is 16.5. The van der Waals surface area contributed by atoms with Gasteiger partial charge in [0.05, 0.1) is 5.41 Å². The van der Waals surface area contributed by atoms with E-state index < -0.39 is 5.41 Å². The molecule has 0 radical (unpaired) electrons. The van der Waals surface area contributed by atoms with Gasteiger partial charge < -0.3 is 10.5 Å². The fourth-order valence-corrected chi connectivity index (χ4v) is 1.27. The molecule has 0 bridgehead atoms. The van der Waals surface area contributed by atoms with E-state index in [0.29, 0.717) is 19.6 Å². The maximum Gasteiger partial charge on any atom is 0.313 e. The third kappa shape index (κ3) is 3.07. The summed E-state index contributed by atoms with van der Waals surface area (Å²) in [5, 5.41) is 0. The zero-order valence-corrected chi connectivity index (χ0v) is 9.90. The Balaban J connectivity index is 2.53. The Kier molecular flexibility index (Phi) is 4.50. The average Bonchev–Trinajstić information content (AvgIpc) is 2.36.